The SMILES string of the molecule is CSc1nc(=O)c(C#N)c(-c2ccccc2)n1[C@@H]1O[C@H](COC(C)=O)[C@@H](OC(C)=O)[C@H](OC(C)=O)[C@H]1OC(C)=O. The lowest BCUT2D eigenvalue weighted by molar-refractivity contribution is -0.269. The zero-order valence-corrected chi connectivity index (χ0v) is 23.1. The summed E-state index contributed by atoms with van der Waals surface area (Å²) in [5, 5.41) is 10.0. The molecular formula is C26H27N3O10S. The van der Waals surface area contributed by atoms with Gasteiger partial charge in [-0.05, 0) is 11.8 Å². The average molecular weight is 574 g/mol. The first-order valence-electron chi connectivity index (χ1n) is 11.9. The topological polar surface area (TPSA) is 173 Å². The Balaban J connectivity index is 2.38. The molecule has 0 spiro atoms. The molecule has 0 aliphatic carbocycles. The van der Waals surface area contributed by atoms with Crippen molar-refractivity contribution in [1.29, 1.82) is 5.26 Å². The number of carbonyl (C=O) groups excluding carboxylic acids is 4. The molecule has 0 saturated carbocycles. The zero-order valence-electron chi connectivity index (χ0n) is 22.3. The lowest BCUT2D eigenvalue weighted by atomic mass is 9.96. The molecule has 13 nitrogen and oxygen atoms in total. The molecule has 0 amide bonds. The van der Waals surface area contributed by atoms with Gasteiger partial charge in [-0.15, -0.1) is 0 Å². The highest BCUT2D eigenvalue weighted by atomic mass is 32.2. The van der Waals surface area contributed by atoms with Crippen LogP contribution in [-0.4, -0.2) is 70.7 Å². The Morgan fingerprint density at radius 1 is 0.950 bits per heavy atom. The Labute approximate surface area is 233 Å². The molecule has 0 radical (unpaired) electrons. The predicted octanol–water partition coefficient (Wildman–Crippen LogP) is 1.76. The van der Waals surface area contributed by atoms with Gasteiger partial charge in [-0.25, -0.2) is 0 Å². The number of aromatic nitrogens is 2. The Morgan fingerprint density at radius 2 is 1.52 bits per heavy atom. The van der Waals surface area contributed by atoms with Crippen LogP contribution in [0.4, 0.5) is 0 Å². The molecule has 1 aromatic heterocycles. The third-order valence-corrected chi connectivity index (χ3v) is 6.31. The molecule has 5 atom stereocenters. The molecule has 2 heterocycles. The van der Waals surface area contributed by atoms with Gasteiger partial charge < -0.3 is 23.7 Å². The number of carbonyl (C=O) groups is 4. The second kappa shape index (κ2) is 13.2. The standard InChI is InChI=1S/C26H27N3O10S/c1-13(30)35-12-19-21(36-14(2)31)22(37-15(3)32)23(38-16(4)33)25(39-19)29-20(17-9-7-6-8-10-17)18(11-27)24(34)28-26(29)40-5/h6-10,19,21-23,25H,12H2,1-5H3/t19-,21-,22+,23-,25-/m1/s1. The summed E-state index contributed by atoms with van der Waals surface area (Å²) >= 11 is 1.04. The first-order valence-corrected chi connectivity index (χ1v) is 13.2. The van der Waals surface area contributed by atoms with Crippen LogP contribution in [0.3, 0.4) is 0 Å². The van der Waals surface area contributed by atoms with Crippen LogP contribution in [0.25, 0.3) is 11.3 Å². The first-order chi connectivity index (χ1) is 19.0. The highest BCUT2D eigenvalue weighted by molar-refractivity contribution is 7.98. The first kappa shape index (κ1) is 30.3. The normalized spacial score (nSPS) is 21.9. The van der Waals surface area contributed by atoms with Gasteiger partial charge in [0.05, 0.1) is 5.69 Å². The van der Waals surface area contributed by atoms with Crippen LogP contribution < -0.4 is 5.56 Å². The van der Waals surface area contributed by atoms with Crippen LogP contribution in [0.5, 0.6) is 0 Å². The predicted molar refractivity (Wildman–Crippen MR) is 138 cm³/mol. The van der Waals surface area contributed by atoms with Crippen molar-refractivity contribution < 1.29 is 42.9 Å². The molecule has 1 saturated heterocycles. The van der Waals surface area contributed by atoms with Crippen molar-refractivity contribution in [2.45, 2.75) is 63.5 Å². The lowest BCUT2D eigenvalue weighted by Crippen LogP contribution is -2.61. The van der Waals surface area contributed by atoms with Crippen molar-refractivity contribution in [1.82, 2.24) is 9.55 Å². The molecule has 0 bridgehead atoms. The number of rotatable bonds is 8. The van der Waals surface area contributed by atoms with Crippen LogP contribution in [0.2, 0.25) is 0 Å². The van der Waals surface area contributed by atoms with Gasteiger partial charge in [-0.2, -0.15) is 10.2 Å². The number of ether oxygens (including phenoxy) is 5. The minimum absolute atomic E-state index is 0.0729. The van der Waals surface area contributed by atoms with E-state index in [1.54, 1.807) is 36.6 Å². The van der Waals surface area contributed by atoms with Crippen molar-refractivity contribution in [3.05, 3.63) is 46.2 Å². The number of hydrogen-bond acceptors (Lipinski definition) is 13. The van der Waals surface area contributed by atoms with Crippen molar-refractivity contribution in [2.75, 3.05) is 12.9 Å². The van der Waals surface area contributed by atoms with E-state index in [2.05, 4.69) is 4.98 Å². The van der Waals surface area contributed by atoms with Crippen LogP contribution in [-0.2, 0) is 42.9 Å². The fraction of sp³-hybridized carbons (Fsp3) is 0.423. The summed E-state index contributed by atoms with van der Waals surface area (Å²) in [5.41, 5.74) is -0.598. The van der Waals surface area contributed by atoms with E-state index in [0.29, 0.717) is 5.56 Å². The van der Waals surface area contributed by atoms with E-state index in [1.165, 1.54) is 4.57 Å². The number of benzene rings is 1. The zero-order chi connectivity index (χ0) is 29.6. The second-order valence-corrected chi connectivity index (χ2v) is 9.34. The van der Waals surface area contributed by atoms with Gasteiger partial charge in [0, 0.05) is 27.7 Å². The number of hydrogen-bond donors (Lipinski definition) is 0. The maximum Gasteiger partial charge on any atom is 0.303 e. The van der Waals surface area contributed by atoms with Gasteiger partial charge in [-0.3, -0.25) is 28.5 Å². The molecule has 212 valence electrons. The average Bonchev–Trinajstić information content (AvgIpc) is 2.89. The monoisotopic (exact) mass is 573 g/mol. The summed E-state index contributed by atoms with van der Waals surface area (Å²) in [7, 11) is 0. The summed E-state index contributed by atoms with van der Waals surface area (Å²) in [6.45, 7) is 4.06. The number of esters is 4. The Morgan fingerprint density at radius 3 is 2.05 bits per heavy atom. The number of thioether (sulfide) groups is 1. The van der Waals surface area contributed by atoms with Gasteiger partial charge in [0.2, 0.25) is 0 Å². The fourth-order valence-corrected chi connectivity index (χ4v) is 4.85. The Kier molecular flexibility index (Phi) is 10.0. The molecule has 0 N–H and O–H groups in total. The molecule has 1 aliphatic heterocycles. The van der Waals surface area contributed by atoms with Gasteiger partial charge in [-0.1, -0.05) is 42.1 Å². The quantitative estimate of drug-likeness (QED) is 0.194. The summed E-state index contributed by atoms with van der Waals surface area (Å²) in [6.07, 6.45) is -5.31. The van der Waals surface area contributed by atoms with Crippen molar-refractivity contribution in [3.63, 3.8) is 0 Å². The molecule has 0 unspecified atom stereocenters. The third-order valence-electron chi connectivity index (χ3n) is 5.66. The van der Waals surface area contributed by atoms with Crippen molar-refractivity contribution in [3.8, 4) is 17.3 Å². The molecule has 40 heavy (non-hydrogen) atoms. The molecule has 1 aromatic carbocycles. The van der Waals surface area contributed by atoms with Crippen LogP contribution in [0, 0.1) is 11.3 Å². The van der Waals surface area contributed by atoms with E-state index in [0.717, 1.165) is 39.5 Å². The van der Waals surface area contributed by atoms with Gasteiger partial charge >= 0.3 is 23.9 Å². The van der Waals surface area contributed by atoms with E-state index in [4.69, 9.17) is 23.7 Å². The van der Waals surface area contributed by atoms with Crippen LogP contribution in [0.15, 0.2) is 40.3 Å². The maximum absolute atomic E-state index is 12.9. The molecule has 14 heteroatoms. The van der Waals surface area contributed by atoms with Gasteiger partial charge in [0.15, 0.2) is 29.7 Å². The second-order valence-electron chi connectivity index (χ2n) is 8.56. The minimum Gasteiger partial charge on any atom is -0.463 e. The molecule has 3 rings (SSSR count). The molecular weight excluding hydrogens is 546 g/mol. The van der Waals surface area contributed by atoms with Crippen molar-refractivity contribution >= 4 is 35.6 Å². The number of nitrogens with zero attached hydrogens (tertiary/aromatic N) is 3. The van der Waals surface area contributed by atoms with Crippen molar-refractivity contribution in [2.24, 2.45) is 0 Å². The summed E-state index contributed by atoms with van der Waals surface area (Å²) < 4.78 is 29.4. The minimum atomic E-state index is -1.47. The molecule has 1 aliphatic rings. The third kappa shape index (κ3) is 6.85. The largest absolute Gasteiger partial charge is 0.463 e. The van der Waals surface area contributed by atoms with E-state index in [9.17, 15) is 29.2 Å². The Hall–Kier alpha value is -4.22. The summed E-state index contributed by atoms with van der Waals surface area (Å²) in [4.78, 5) is 65.1. The van der Waals surface area contributed by atoms with Crippen LogP contribution >= 0.6 is 11.8 Å². The Bertz CT molecular complexity index is 1390. The summed E-state index contributed by atoms with van der Waals surface area (Å²) in [5.74, 6) is -3.03. The highest BCUT2D eigenvalue weighted by Crippen LogP contribution is 2.39. The van der Waals surface area contributed by atoms with E-state index >= 15 is 0 Å². The van der Waals surface area contributed by atoms with E-state index in [-0.39, 0.29) is 16.4 Å². The van der Waals surface area contributed by atoms with Crippen LogP contribution in [0.1, 0.15) is 39.5 Å². The van der Waals surface area contributed by atoms with Gasteiger partial charge in [0.25, 0.3) is 5.56 Å². The van der Waals surface area contributed by atoms with Gasteiger partial charge in [0.1, 0.15) is 24.3 Å². The maximum atomic E-state index is 12.9. The lowest BCUT2D eigenvalue weighted by Gasteiger charge is -2.45. The smallest absolute Gasteiger partial charge is 0.303 e. The van der Waals surface area contributed by atoms with E-state index < -0.39 is 66.7 Å². The molecule has 1 fully saturated rings. The number of nitriles is 1. The van der Waals surface area contributed by atoms with E-state index in [1.807, 2.05) is 6.07 Å². The fourth-order valence-electron chi connectivity index (χ4n) is 4.29. The summed E-state index contributed by atoms with van der Waals surface area (Å²) in [6, 6.07) is 10.3. The molecule has 2 aromatic rings. The highest BCUT2D eigenvalue weighted by Gasteiger charge is 2.53.